The number of hydrogen-bond donors (Lipinski definition) is 3. The van der Waals surface area contributed by atoms with Gasteiger partial charge in [-0.05, 0) is 25.8 Å². The molecule has 0 aliphatic carbocycles. The third kappa shape index (κ3) is 71.8. The number of carbonyl (C=O) groups excluding carboxylic acids is 5. The molecule has 0 spiro atoms. The van der Waals surface area contributed by atoms with Crippen LogP contribution in [0.3, 0.4) is 0 Å². The molecule has 3 aliphatic heterocycles. The van der Waals surface area contributed by atoms with Gasteiger partial charge in [0.1, 0.15) is 11.6 Å². The molecule has 0 atom stereocenters. The lowest BCUT2D eigenvalue weighted by Gasteiger charge is -2.42. The van der Waals surface area contributed by atoms with Crippen LogP contribution in [0.1, 0.15) is 367 Å². The zero-order valence-corrected chi connectivity index (χ0v) is 62.4. The third-order valence-corrected chi connectivity index (χ3v) is 18.3. The fraction of sp³-hybridized carbons (Fsp3) is 0.910. The number of nitrogens with zero attached hydrogens (tertiary/aromatic N) is 4. The maximum atomic E-state index is 12.3. The Morgan fingerprint density at radius 3 is 0.699 bits per heavy atom. The average molecular weight is 1320 g/mol. The minimum atomic E-state index is -0.394. The van der Waals surface area contributed by atoms with E-state index in [4.69, 9.17) is 5.73 Å². The summed E-state index contributed by atoms with van der Waals surface area (Å²) in [4.78, 5) is 65.2. The Bertz CT molecular complexity index is 1510. The lowest BCUT2D eigenvalue weighted by Crippen LogP contribution is -2.55. The predicted molar refractivity (Wildman–Crippen MR) is 394 cm³/mol. The summed E-state index contributed by atoms with van der Waals surface area (Å²) < 4.78 is 13.2. The van der Waals surface area contributed by atoms with Crippen LogP contribution < -0.4 is 16.4 Å². The molecular formula is C78H155N7O8. The summed E-state index contributed by atoms with van der Waals surface area (Å²) in [6.07, 6.45) is 71.7. The fourth-order valence-corrected chi connectivity index (χ4v) is 11.8. The first-order valence-corrected chi connectivity index (χ1v) is 39.4. The van der Waals surface area contributed by atoms with Crippen LogP contribution in [0.15, 0.2) is 12.7 Å². The summed E-state index contributed by atoms with van der Waals surface area (Å²) in [5.74, 6) is 0.108. The molecule has 3 heterocycles. The highest BCUT2D eigenvalue weighted by Gasteiger charge is 2.25. The van der Waals surface area contributed by atoms with Gasteiger partial charge in [-0.2, -0.15) is 0 Å². The van der Waals surface area contributed by atoms with Crippen molar-refractivity contribution in [1.29, 1.82) is 0 Å². The SMILES string of the molecule is C1NCN1.C=CC(=O)OC.CCCCCCCCCCCCCCCCCCC(=O)CCN1CN(CCC(=O)CCCCCCCCCCCCCCCCCC)C1.CCCCCCCCCCCCCCCCCCN.COC(=O)CCN1CN(CCC(=O)OC)C1. The van der Waals surface area contributed by atoms with Gasteiger partial charge in [-0.3, -0.25) is 49.4 Å². The van der Waals surface area contributed by atoms with Gasteiger partial charge in [-0.15, -0.1) is 0 Å². The normalized spacial score (nSPS) is 13.7. The molecule has 4 N–H and O–H groups in total. The van der Waals surface area contributed by atoms with Crippen molar-refractivity contribution in [2.24, 2.45) is 5.73 Å². The number of nitrogens with two attached hydrogens (primary N) is 1. The molecule has 3 rings (SSSR count). The molecule has 0 aromatic rings. The summed E-state index contributed by atoms with van der Waals surface area (Å²) in [5.41, 5.74) is 5.48. The number of ether oxygens (including phenoxy) is 3. The molecule has 3 fully saturated rings. The van der Waals surface area contributed by atoms with Crippen LogP contribution in [0, 0.1) is 0 Å². The number of rotatable bonds is 63. The van der Waals surface area contributed by atoms with Crippen LogP contribution >= 0.6 is 0 Å². The second-order valence-electron chi connectivity index (χ2n) is 27.2. The Kier molecular flexibility index (Phi) is 76.0. The molecule has 3 saturated heterocycles. The van der Waals surface area contributed by atoms with E-state index in [-0.39, 0.29) is 11.9 Å². The number of hydrogen-bond acceptors (Lipinski definition) is 15. The van der Waals surface area contributed by atoms with Crippen LogP contribution in [0.5, 0.6) is 0 Å². The Hall–Kier alpha value is -2.79. The molecule has 3 aliphatic rings. The number of carbonyl (C=O) groups is 5. The van der Waals surface area contributed by atoms with E-state index in [9.17, 15) is 24.0 Å². The van der Waals surface area contributed by atoms with Crippen LogP contribution in [0.2, 0.25) is 0 Å². The van der Waals surface area contributed by atoms with Gasteiger partial charge in [-0.25, -0.2) is 4.79 Å². The van der Waals surface area contributed by atoms with Crippen molar-refractivity contribution in [1.82, 2.24) is 30.2 Å². The van der Waals surface area contributed by atoms with E-state index < -0.39 is 5.97 Å². The molecule has 0 radical (unpaired) electrons. The van der Waals surface area contributed by atoms with Crippen molar-refractivity contribution in [2.45, 2.75) is 367 Å². The Morgan fingerprint density at radius 2 is 0.527 bits per heavy atom. The Balaban J connectivity index is 0. The number of ketones is 2. The molecule has 0 amide bonds. The van der Waals surface area contributed by atoms with Gasteiger partial charge in [0, 0.05) is 71.3 Å². The first kappa shape index (κ1) is 92.3. The van der Waals surface area contributed by atoms with E-state index in [1.54, 1.807) is 0 Å². The van der Waals surface area contributed by atoms with Crippen LogP contribution in [0.4, 0.5) is 0 Å². The van der Waals surface area contributed by atoms with Crippen LogP contribution in [-0.4, -0.2) is 143 Å². The van der Waals surface area contributed by atoms with Crippen LogP contribution in [0.25, 0.3) is 0 Å². The highest BCUT2D eigenvalue weighted by atomic mass is 16.5. The van der Waals surface area contributed by atoms with Gasteiger partial charge in [-0.1, -0.05) is 316 Å². The number of nitrogens with one attached hydrogen (secondary N) is 2. The van der Waals surface area contributed by atoms with Gasteiger partial charge >= 0.3 is 17.9 Å². The fourth-order valence-electron chi connectivity index (χ4n) is 11.8. The number of methoxy groups -OCH3 is 3. The summed E-state index contributed by atoms with van der Waals surface area (Å²) in [6, 6.07) is 0. The van der Waals surface area contributed by atoms with E-state index in [0.717, 1.165) is 91.4 Å². The van der Waals surface area contributed by atoms with Gasteiger partial charge in [0.25, 0.3) is 0 Å². The first-order valence-electron chi connectivity index (χ1n) is 39.4. The Morgan fingerprint density at radius 1 is 0.323 bits per heavy atom. The second kappa shape index (κ2) is 76.6. The lowest BCUT2D eigenvalue weighted by molar-refractivity contribution is -0.143. The quantitative estimate of drug-likeness (QED) is 0.0227. The van der Waals surface area contributed by atoms with Gasteiger partial charge in [0.05, 0.1) is 60.8 Å². The highest BCUT2D eigenvalue weighted by Crippen LogP contribution is 2.19. The summed E-state index contributed by atoms with van der Waals surface area (Å²) in [6.45, 7) is 19.6. The molecule has 0 unspecified atom stereocenters. The van der Waals surface area contributed by atoms with Crippen molar-refractivity contribution in [3.63, 3.8) is 0 Å². The van der Waals surface area contributed by atoms with E-state index >= 15 is 0 Å². The predicted octanol–water partition coefficient (Wildman–Crippen LogP) is 19.0. The lowest BCUT2D eigenvalue weighted by atomic mass is 10.0. The van der Waals surface area contributed by atoms with Crippen molar-refractivity contribution in [3.8, 4) is 0 Å². The zero-order valence-electron chi connectivity index (χ0n) is 62.4. The van der Waals surface area contributed by atoms with Crippen molar-refractivity contribution < 1.29 is 38.2 Å². The molecule has 15 heteroatoms. The minimum Gasteiger partial charge on any atom is -0.469 e. The third-order valence-electron chi connectivity index (χ3n) is 18.3. The standard InChI is InChI=1S/C44H86N2O2.C18H39N.C10H18N2O4.C4H6O2.C2H6N2/c1-3-5-7-9-11-13-15-17-19-21-23-25-27-29-31-33-35-43(47)37-39-45-41-46(42-45)40-38-44(48)36-34-32-30-28-26-24-22-20-18-16-14-12-10-8-6-4-2;1-2-3-4-5-6-7-8-9-10-11-12-13-14-15-16-17-18-19;1-15-9(13)3-5-11-7-12(8-11)6-4-10(14)16-2;1-3-4(5)6-2;1-3-2-4-1/h3-42H2,1-2H3;2-19H2,1H3;3-8H2,1-2H3;3H,1H2,2H3;3-4H,1-2H2. The topological polar surface area (TPSA) is 176 Å². The van der Waals surface area contributed by atoms with Crippen LogP contribution in [-0.2, 0) is 38.2 Å². The van der Waals surface area contributed by atoms with Crippen molar-refractivity contribution >= 4 is 29.5 Å². The molecule has 550 valence electrons. The monoisotopic (exact) mass is 1320 g/mol. The van der Waals surface area contributed by atoms with Gasteiger partial charge < -0.3 is 19.9 Å². The van der Waals surface area contributed by atoms with Gasteiger partial charge in [0.15, 0.2) is 0 Å². The molecular weight excluding hydrogens is 1160 g/mol. The maximum absolute atomic E-state index is 12.3. The number of unbranched alkanes of at least 4 members (excludes halogenated alkanes) is 45. The van der Waals surface area contributed by atoms with E-state index in [1.807, 2.05) is 0 Å². The Labute approximate surface area is 575 Å². The number of Topliss-reactive ketones (excluding diaryl/α,β-unsaturated/α-hetero) is 2. The first-order chi connectivity index (χ1) is 45.5. The molecule has 0 bridgehead atoms. The zero-order chi connectivity index (χ0) is 68.4. The minimum absolute atomic E-state index is 0.187. The molecule has 15 nitrogen and oxygen atoms in total. The molecule has 0 aromatic carbocycles. The molecule has 0 saturated carbocycles. The number of esters is 3. The largest absolute Gasteiger partial charge is 0.469 e. The summed E-state index contributed by atoms with van der Waals surface area (Å²) in [5, 5.41) is 6.00. The molecule has 93 heavy (non-hydrogen) atoms. The average Bonchev–Trinajstić information content (AvgIpc) is 1.24. The van der Waals surface area contributed by atoms with Crippen molar-refractivity contribution in [2.75, 3.05) is 94.1 Å². The van der Waals surface area contributed by atoms with E-state index in [1.165, 1.54) is 317 Å². The molecule has 0 aromatic heterocycles. The second-order valence-corrected chi connectivity index (χ2v) is 27.2. The van der Waals surface area contributed by atoms with Gasteiger partial charge in [0.2, 0.25) is 0 Å². The maximum Gasteiger partial charge on any atom is 0.329 e. The highest BCUT2D eigenvalue weighted by molar-refractivity contribution is 5.81. The summed E-state index contributed by atoms with van der Waals surface area (Å²) >= 11 is 0. The van der Waals surface area contributed by atoms with E-state index in [2.05, 4.69) is 71.8 Å². The van der Waals surface area contributed by atoms with E-state index in [0.29, 0.717) is 50.3 Å². The summed E-state index contributed by atoms with van der Waals surface area (Å²) in [7, 11) is 4.09. The van der Waals surface area contributed by atoms with Crippen molar-refractivity contribution in [3.05, 3.63) is 12.7 Å². The smallest absolute Gasteiger partial charge is 0.329 e.